The average Bonchev–Trinajstić information content (AvgIpc) is 2.53. The molecule has 2 rings (SSSR count). The fourth-order valence-corrected chi connectivity index (χ4v) is 1.87. The van der Waals surface area contributed by atoms with Crippen molar-refractivity contribution >= 4 is 22.6 Å². The first-order chi connectivity index (χ1) is 10.1. The highest BCUT2D eigenvalue weighted by molar-refractivity contribution is 6.67. The van der Waals surface area contributed by atoms with Crippen LogP contribution >= 0.6 is 11.6 Å². The number of hydrogen-bond acceptors (Lipinski definition) is 3. The zero-order valence-electron chi connectivity index (χ0n) is 11.0. The largest absolute Gasteiger partial charge is 0.481 e. The summed E-state index contributed by atoms with van der Waals surface area (Å²) in [6, 6.07) is 12.9. The lowest BCUT2D eigenvalue weighted by atomic mass is 10.0. The van der Waals surface area contributed by atoms with Crippen molar-refractivity contribution in [2.45, 2.75) is 0 Å². The lowest BCUT2D eigenvalue weighted by Crippen LogP contribution is -2.02. The van der Waals surface area contributed by atoms with Crippen LogP contribution in [0.15, 0.2) is 48.5 Å². The molecule has 104 valence electrons. The summed E-state index contributed by atoms with van der Waals surface area (Å²) in [6.07, 6.45) is 5.10. The normalized spacial score (nSPS) is 9.71. The second kappa shape index (κ2) is 6.74. The van der Waals surface area contributed by atoms with Gasteiger partial charge in [-0.25, -0.2) is 0 Å². The van der Waals surface area contributed by atoms with Crippen LogP contribution in [-0.4, -0.2) is 17.6 Å². The highest BCUT2D eigenvalue weighted by Gasteiger charge is 2.10. The number of benzene rings is 2. The molecule has 0 saturated heterocycles. The number of rotatable bonds is 5. The van der Waals surface area contributed by atoms with E-state index in [0.29, 0.717) is 22.4 Å². The number of carbonyl (C=O) groups excluding carboxylic acids is 2. The van der Waals surface area contributed by atoms with E-state index in [1.54, 1.807) is 36.4 Å². The smallest absolute Gasteiger partial charge is 0.252 e. The summed E-state index contributed by atoms with van der Waals surface area (Å²) in [6.45, 7) is 0.182. The Morgan fingerprint density at radius 3 is 1.90 bits per heavy atom. The van der Waals surface area contributed by atoms with Crippen molar-refractivity contribution in [3.05, 3.63) is 65.2 Å². The van der Waals surface area contributed by atoms with E-state index in [9.17, 15) is 9.59 Å². The van der Waals surface area contributed by atoms with Gasteiger partial charge in [-0.2, -0.15) is 0 Å². The molecule has 0 radical (unpaired) electrons. The summed E-state index contributed by atoms with van der Waals surface area (Å²) in [7, 11) is 0. The number of carbonyl (C=O) groups is 2. The van der Waals surface area contributed by atoms with Gasteiger partial charge in [0, 0.05) is 16.7 Å². The summed E-state index contributed by atoms with van der Waals surface area (Å²) in [4.78, 5) is 23.2. The Morgan fingerprint density at radius 2 is 1.43 bits per heavy atom. The lowest BCUT2D eigenvalue weighted by molar-refractivity contribution is 0.103. The summed E-state index contributed by atoms with van der Waals surface area (Å²) in [5.74, 6) is 2.82. The maximum absolute atomic E-state index is 12.3. The van der Waals surface area contributed by atoms with Crippen molar-refractivity contribution in [3.63, 3.8) is 0 Å². The Labute approximate surface area is 127 Å². The molecular formula is C17H11ClO3. The van der Waals surface area contributed by atoms with Gasteiger partial charge in [0.05, 0.1) is 0 Å². The third-order valence-corrected chi connectivity index (χ3v) is 3.03. The minimum absolute atomic E-state index is 0.146. The van der Waals surface area contributed by atoms with Gasteiger partial charge in [-0.3, -0.25) is 9.59 Å². The molecule has 3 nitrogen and oxygen atoms in total. The van der Waals surface area contributed by atoms with Crippen LogP contribution in [0.5, 0.6) is 5.75 Å². The van der Waals surface area contributed by atoms with Crippen molar-refractivity contribution in [3.8, 4) is 18.1 Å². The number of hydrogen-bond donors (Lipinski definition) is 0. The number of halogens is 1. The maximum Gasteiger partial charge on any atom is 0.252 e. The first kappa shape index (κ1) is 14.8. The molecule has 0 aromatic heterocycles. The Hall–Kier alpha value is -2.57. The Bertz CT molecular complexity index is 694. The monoisotopic (exact) mass is 298 g/mol. The van der Waals surface area contributed by atoms with Gasteiger partial charge in [0.15, 0.2) is 5.78 Å². The minimum Gasteiger partial charge on any atom is -0.481 e. The van der Waals surface area contributed by atoms with E-state index in [1.807, 2.05) is 0 Å². The molecule has 0 aliphatic carbocycles. The fraction of sp³-hybridized carbons (Fsp3) is 0.0588. The number of terminal acetylenes is 1. The Balaban J connectivity index is 2.16. The van der Waals surface area contributed by atoms with E-state index in [4.69, 9.17) is 22.8 Å². The first-order valence-electron chi connectivity index (χ1n) is 6.12. The lowest BCUT2D eigenvalue weighted by Gasteiger charge is -2.05. The zero-order chi connectivity index (χ0) is 15.2. The number of ketones is 1. The molecule has 21 heavy (non-hydrogen) atoms. The second-order valence-electron chi connectivity index (χ2n) is 4.20. The van der Waals surface area contributed by atoms with E-state index in [0.717, 1.165) is 0 Å². The second-order valence-corrected chi connectivity index (χ2v) is 4.54. The van der Waals surface area contributed by atoms with Gasteiger partial charge in [-0.1, -0.05) is 18.1 Å². The van der Waals surface area contributed by atoms with Crippen LogP contribution in [0.4, 0.5) is 0 Å². The first-order valence-corrected chi connectivity index (χ1v) is 6.50. The van der Waals surface area contributed by atoms with E-state index < -0.39 is 5.24 Å². The molecule has 0 fully saturated rings. The molecular weight excluding hydrogens is 288 g/mol. The van der Waals surface area contributed by atoms with Gasteiger partial charge < -0.3 is 4.74 Å². The standard InChI is InChI=1S/C17H11ClO3/c1-2-11-21-15-9-7-13(8-10-15)16(19)12-3-5-14(6-4-12)17(18)20/h1,3-10H,11H2. The average molecular weight is 299 g/mol. The van der Waals surface area contributed by atoms with Gasteiger partial charge >= 0.3 is 0 Å². The van der Waals surface area contributed by atoms with Crippen LogP contribution in [0.3, 0.4) is 0 Å². The maximum atomic E-state index is 12.3. The molecule has 0 bridgehead atoms. The van der Waals surface area contributed by atoms with Crippen molar-refractivity contribution in [1.82, 2.24) is 0 Å². The van der Waals surface area contributed by atoms with Gasteiger partial charge in [0.2, 0.25) is 0 Å². The summed E-state index contributed by atoms with van der Waals surface area (Å²) in [5.41, 5.74) is 1.35. The van der Waals surface area contributed by atoms with Crippen LogP contribution < -0.4 is 4.74 Å². The van der Waals surface area contributed by atoms with Crippen molar-refractivity contribution < 1.29 is 14.3 Å². The summed E-state index contributed by atoms with van der Waals surface area (Å²) in [5, 5.41) is -0.552. The SMILES string of the molecule is C#CCOc1ccc(C(=O)c2ccc(C(=O)Cl)cc2)cc1. The molecule has 0 aliphatic rings. The Kier molecular flexibility index (Phi) is 4.76. The van der Waals surface area contributed by atoms with Crippen LogP contribution in [0, 0.1) is 12.3 Å². The van der Waals surface area contributed by atoms with Crippen LogP contribution in [-0.2, 0) is 0 Å². The van der Waals surface area contributed by atoms with Crippen molar-refractivity contribution in [2.24, 2.45) is 0 Å². The van der Waals surface area contributed by atoms with Crippen LogP contribution in [0.1, 0.15) is 26.3 Å². The summed E-state index contributed by atoms with van der Waals surface area (Å²) < 4.78 is 5.24. The zero-order valence-corrected chi connectivity index (χ0v) is 11.8. The molecule has 0 amide bonds. The fourth-order valence-electron chi connectivity index (χ4n) is 1.75. The Morgan fingerprint density at radius 1 is 0.952 bits per heavy atom. The molecule has 0 atom stereocenters. The molecule has 2 aromatic carbocycles. The molecule has 0 spiro atoms. The van der Waals surface area contributed by atoms with Crippen LogP contribution in [0.2, 0.25) is 0 Å². The third kappa shape index (κ3) is 3.71. The van der Waals surface area contributed by atoms with E-state index >= 15 is 0 Å². The molecule has 0 unspecified atom stereocenters. The summed E-state index contributed by atoms with van der Waals surface area (Å²) >= 11 is 5.36. The number of ether oxygens (including phenoxy) is 1. The molecule has 0 saturated carbocycles. The van der Waals surface area contributed by atoms with Gasteiger partial charge in [-0.15, -0.1) is 6.42 Å². The molecule has 0 N–H and O–H groups in total. The van der Waals surface area contributed by atoms with E-state index in [-0.39, 0.29) is 12.4 Å². The molecule has 4 heteroatoms. The van der Waals surface area contributed by atoms with E-state index in [2.05, 4.69) is 5.92 Å². The minimum atomic E-state index is -0.552. The van der Waals surface area contributed by atoms with Gasteiger partial charge in [0.1, 0.15) is 12.4 Å². The highest BCUT2D eigenvalue weighted by atomic mass is 35.5. The predicted octanol–water partition coefficient (Wildman–Crippen LogP) is 3.31. The molecule has 0 heterocycles. The molecule has 2 aromatic rings. The van der Waals surface area contributed by atoms with Gasteiger partial charge in [0.25, 0.3) is 5.24 Å². The highest BCUT2D eigenvalue weighted by Crippen LogP contribution is 2.16. The molecule has 0 aliphatic heterocycles. The van der Waals surface area contributed by atoms with E-state index in [1.165, 1.54) is 12.1 Å². The topological polar surface area (TPSA) is 43.4 Å². The predicted molar refractivity (Wildman–Crippen MR) is 80.8 cm³/mol. The van der Waals surface area contributed by atoms with Crippen molar-refractivity contribution in [2.75, 3.05) is 6.61 Å². The van der Waals surface area contributed by atoms with Gasteiger partial charge in [-0.05, 0) is 48.0 Å². The van der Waals surface area contributed by atoms with Crippen molar-refractivity contribution in [1.29, 1.82) is 0 Å². The third-order valence-electron chi connectivity index (χ3n) is 2.81. The quantitative estimate of drug-likeness (QED) is 0.483. The van der Waals surface area contributed by atoms with Crippen LogP contribution in [0.25, 0.3) is 0 Å².